The predicted octanol–water partition coefficient (Wildman–Crippen LogP) is 3.76. The highest BCUT2D eigenvalue weighted by atomic mass is 35.5. The fourth-order valence-electron chi connectivity index (χ4n) is 2.60. The molecule has 0 aromatic heterocycles. The van der Waals surface area contributed by atoms with Crippen LogP contribution in [0, 0.1) is 5.92 Å². The summed E-state index contributed by atoms with van der Waals surface area (Å²) in [4.78, 5) is 14.5. The number of hydrogen-bond donors (Lipinski definition) is 0. The number of rotatable bonds is 4. The highest BCUT2D eigenvalue weighted by molar-refractivity contribution is 6.32. The van der Waals surface area contributed by atoms with Crippen molar-refractivity contribution < 1.29 is 9.53 Å². The summed E-state index contributed by atoms with van der Waals surface area (Å²) in [6, 6.07) is 7.29. The van der Waals surface area contributed by atoms with E-state index in [1.807, 2.05) is 24.0 Å². The van der Waals surface area contributed by atoms with Gasteiger partial charge in [-0.05, 0) is 37.3 Å². The fraction of sp³-hybridized carbons (Fsp3) is 0.562. The summed E-state index contributed by atoms with van der Waals surface area (Å²) in [5, 5.41) is 0.547. The van der Waals surface area contributed by atoms with Crippen LogP contribution in [0.15, 0.2) is 24.3 Å². The molecule has 0 bridgehead atoms. The second-order valence-corrected chi connectivity index (χ2v) is 5.88. The molecule has 0 N–H and O–H groups in total. The minimum Gasteiger partial charge on any atom is -0.479 e. The van der Waals surface area contributed by atoms with Crippen molar-refractivity contribution in [3.8, 4) is 5.75 Å². The van der Waals surface area contributed by atoms with Gasteiger partial charge in [-0.1, -0.05) is 37.6 Å². The van der Waals surface area contributed by atoms with Crippen LogP contribution >= 0.6 is 11.6 Å². The highest BCUT2D eigenvalue weighted by Gasteiger charge is 2.28. The van der Waals surface area contributed by atoms with E-state index in [9.17, 15) is 4.79 Å². The molecule has 4 heteroatoms. The maximum absolute atomic E-state index is 12.5. The number of ether oxygens (including phenoxy) is 1. The summed E-state index contributed by atoms with van der Waals surface area (Å²) in [7, 11) is 0. The van der Waals surface area contributed by atoms with Crippen LogP contribution in [0.4, 0.5) is 0 Å². The van der Waals surface area contributed by atoms with E-state index in [0.717, 1.165) is 19.5 Å². The van der Waals surface area contributed by atoms with Crippen molar-refractivity contribution in [1.29, 1.82) is 0 Å². The van der Waals surface area contributed by atoms with E-state index in [2.05, 4.69) is 6.92 Å². The number of carbonyl (C=O) groups excluding carboxylic acids is 1. The van der Waals surface area contributed by atoms with Crippen LogP contribution in [0.2, 0.25) is 5.02 Å². The Morgan fingerprint density at radius 3 is 2.90 bits per heavy atom. The van der Waals surface area contributed by atoms with E-state index in [1.165, 1.54) is 6.42 Å². The lowest BCUT2D eigenvalue weighted by molar-refractivity contribution is -0.140. The Balaban J connectivity index is 2.04. The number of carbonyl (C=O) groups is 1. The first-order valence-corrected chi connectivity index (χ1v) is 7.69. The third-order valence-corrected chi connectivity index (χ3v) is 4.03. The molecule has 2 rings (SSSR count). The first kappa shape index (κ1) is 15.2. The van der Waals surface area contributed by atoms with Crippen LogP contribution in [0.3, 0.4) is 0 Å². The number of amides is 1. The maximum atomic E-state index is 12.5. The molecule has 1 heterocycles. The number of para-hydroxylation sites is 1. The summed E-state index contributed by atoms with van der Waals surface area (Å²) >= 11 is 6.09. The van der Waals surface area contributed by atoms with Gasteiger partial charge in [0, 0.05) is 13.1 Å². The van der Waals surface area contributed by atoms with Gasteiger partial charge >= 0.3 is 0 Å². The molecule has 1 amide bonds. The molecule has 0 aliphatic carbocycles. The van der Waals surface area contributed by atoms with E-state index in [4.69, 9.17) is 16.3 Å². The lowest BCUT2D eigenvalue weighted by Gasteiger charge is -2.33. The lowest BCUT2D eigenvalue weighted by Crippen LogP contribution is -2.46. The zero-order valence-electron chi connectivity index (χ0n) is 12.1. The molecule has 20 heavy (non-hydrogen) atoms. The van der Waals surface area contributed by atoms with Crippen molar-refractivity contribution in [1.82, 2.24) is 4.90 Å². The van der Waals surface area contributed by atoms with Crippen molar-refractivity contribution in [2.45, 2.75) is 39.2 Å². The first-order chi connectivity index (χ1) is 9.61. The maximum Gasteiger partial charge on any atom is 0.263 e. The van der Waals surface area contributed by atoms with Crippen molar-refractivity contribution in [2.75, 3.05) is 13.1 Å². The first-order valence-electron chi connectivity index (χ1n) is 7.31. The summed E-state index contributed by atoms with van der Waals surface area (Å²) in [6.07, 6.45) is 2.48. The smallest absolute Gasteiger partial charge is 0.263 e. The molecule has 2 atom stereocenters. The Morgan fingerprint density at radius 1 is 1.50 bits per heavy atom. The standard InChI is InChI=1S/C16H22ClNO2/c1-3-14(20-15-9-5-4-8-13(15)17)16(19)18-10-6-7-12(2)11-18/h4-5,8-9,12,14H,3,6-7,10-11H2,1-2H3. The van der Waals surface area contributed by atoms with E-state index in [0.29, 0.717) is 23.1 Å². The molecule has 0 spiro atoms. The fourth-order valence-corrected chi connectivity index (χ4v) is 2.78. The molecule has 3 nitrogen and oxygen atoms in total. The molecular formula is C16H22ClNO2. The molecule has 2 unspecified atom stereocenters. The van der Waals surface area contributed by atoms with Gasteiger partial charge in [0.15, 0.2) is 6.10 Å². The molecule has 1 aliphatic heterocycles. The second kappa shape index (κ2) is 6.98. The molecule has 110 valence electrons. The van der Waals surface area contributed by atoms with Gasteiger partial charge in [0.1, 0.15) is 5.75 Å². The Bertz CT molecular complexity index is 464. The van der Waals surface area contributed by atoms with Crippen LogP contribution < -0.4 is 4.74 Å². The summed E-state index contributed by atoms with van der Waals surface area (Å²) < 4.78 is 5.82. The van der Waals surface area contributed by atoms with Gasteiger partial charge in [-0.2, -0.15) is 0 Å². The van der Waals surface area contributed by atoms with Gasteiger partial charge in [-0.3, -0.25) is 4.79 Å². The molecule has 1 fully saturated rings. The van der Waals surface area contributed by atoms with E-state index < -0.39 is 6.10 Å². The molecule has 1 aliphatic rings. The van der Waals surface area contributed by atoms with Crippen LogP contribution in [0.5, 0.6) is 5.75 Å². The van der Waals surface area contributed by atoms with Crippen molar-refractivity contribution in [3.63, 3.8) is 0 Å². The van der Waals surface area contributed by atoms with E-state index >= 15 is 0 Å². The van der Waals surface area contributed by atoms with E-state index in [-0.39, 0.29) is 5.91 Å². The number of halogens is 1. The van der Waals surface area contributed by atoms with Crippen molar-refractivity contribution >= 4 is 17.5 Å². The monoisotopic (exact) mass is 295 g/mol. The summed E-state index contributed by atoms with van der Waals surface area (Å²) in [6.45, 7) is 5.83. The Kier molecular flexibility index (Phi) is 5.30. The molecule has 1 aromatic carbocycles. The Morgan fingerprint density at radius 2 is 2.25 bits per heavy atom. The quantitative estimate of drug-likeness (QED) is 0.846. The largest absolute Gasteiger partial charge is 0.479 e. The molecule has 0 radical (unpaired) electrons. The van der Waals surface area contributed by atoms with Crippen LogP contribution in [-0.4, -0.2) is 30.0 Å². The molecule has 0 saturated carbocycles. The predicted molar refractivity (Wildman–Crippen MR) is 81.1 cm³/mol. The van der Waals surface area contributed by atoms with Gasteiger partial charge in [-0.15, -0.1) is 0 Å². The van der Waals surface area contributed by atoms with Crippen molar-refractivity contribution in [2.24, 2.45) is 5.92 Å². The van der Waals surface area contributed by atoms with Gasteiger partial charge in [0.25, 0.3) is 5.91 Å². The SMILES string of the molecule is CCC(Oc1ccccc1Cl)C(=O)N1CCCC(C)C1. The number of benzene rings is 1. The Labute approximate surface area is 125 Å². The normalized spacial score (nSPS) is 20.6. The van der Waals surface area contributed by atoms with Gasteiger partial charge in [0.2, 0.25) is 0 Å². The van der Waals surface area contributed by atoms with E-state index in [1.54, 1.807) is 12.1 Å². The number of piperidine rings is 1. The molecule has 1 saturated heterocycles. The van der Waals surface area contributed by atoms with Crippen LogP contribution in [-0.2, 0) is 4.79 Å². The minimum absolute atomic E-state index is 0.0824. The minimum atomic E-state index is -0.444. The summed E-state index contributed by atoms with van der Waals surface area (Å²) in [5.74, 6) is 1.24. The lowest BCUT2D eigenvalue weighted by atomic mass is 9.99. The van der Waals surface area contributed by atoms with Gasteiger partial charge < -0.3 is 9.64 Å². The average molecular weight is 296 g/mol. The number of nitrogens with zero attached hydrogens (tertiary/aromatic N) is 1. The highest BCUT2D eigenvalue weighted by Crippen LogP contribution is 2.26. The molecular weight excluding hydrogens is 274 g/mol. The number of likely N-dealkylation sites (tertiary alicyclic amines) is 1. The average Bonchev–Trinajstić information content (AvgIpc) is 2.46. The topological polar surface area (TPSA) is 29.5 Å². The second-order valence-electron chi connectivity index (χ2n) is 5.48. The zero-order valence-corrected chi connectivity index (χ0v) is 12.9. The summed E-state index contributed by atoms with van der Waals surface area (Å²) in [5.41, 5.74) is 0. The number of hydrogen-bond acceptors (Lipinski definition) is 2. The van der Waals surface area contributed by atoms with Gasteiger partial charge in [0.05, 0.1) is 5.02 Å². The van der Waals surface area contributed by atoms with Crippen molar-refractivity contribution in [3.05, 3.63) is 29.3 Å². The van der Waals surface area contributed by atoms with Crippen LogP contribution in [0.25, 0.3) is 0 Å². The third-order valence-electron chi connectivity index (χ3n) is 3.72. The third kappa shape index (κ3) is 3.66. The van der Waals surface area contributed by atoms with Crippen LogP contribution in [0.1, 0.15) is 33.1 Å². The molecule has 1 aromatic rings. The zero-order chi connectivity index (χ0) is 14.5. The Hall–Kier alpha value is -1.22. The van der Waals surface area contributed by atoms with Gasteiger partial charge in [-0.25, -0.2) is 0 Å².